The molecule has 2 N–H and O–H groups in total. The average molecular weight is 282 g/mol. The van der Waals surface area contributed by atoms with Crippen LogP contribution in [0.25, 0.3) is 0 Å². The Bertz CT molecular complexity index is 456. The third-order valence-corrected chi connectivity index (χ3v) is 3.78. The molecule has 4 nitrogen and oxygen atoms in total. The number of piperidine rings is 1. The first-order valence-electron chi connectivity index (χ1n) is 6.57. The number of rotatable bonds is 3. The van der Waals surface area contributed by atoms with E-state index in [1.54, 1.807) is 19.2 Å². The van der Waals surface area contributed by atoms with Crippen LogP contribution in [0, 0.1) is 0 Å². The number of amides is 1. The molecule has 1 aliphatic rings. The van der Waals surface area contributed by atoms with E-state index in [9.17, 15) is 4.79 Å². The van der Waals surface area contributed by atoms with Crippen molar-refractivity contribution in [3.63, 3.8) is 0 Å². The van der Waals surface area contributed by atoms with Crippen molar-refractivity contribution in [3.05, 3.63) is 28.8 Å². The molecule has 1 fully saturated rings. The van der Waals surface area contributed by atoms with Crippen LogP contribution in [0.1, 0.15) is 23.2 Å². The van der Waals surface area contributed by atoms with Crippen molar-refractivity contribution in [2.45, 2.75) is 18.9 Å². The molecule has 1 amide bonds. The van der Waals surface area contributed by atoms with Gasteiger partial charge in [0.1, 0.15) is 0 Å². The number of carbonyl (C=O) groups is 1. The minimum atomic E-state index is -0.0543. The van der Waals surface area contributed by atoms with Gasteiger partial charge < -0.3 is 15.5 Å². The van der Waals surface area contributed by atoms with Crippen molar-refractivity contribution >= 4 is 23.2 Å². The second-order valence-electron chi connectivity index (χ2n) is 4.99. The fourth-order valence-corrected chi connectivity index (χ4v) is 2.51. The standard InChI is InChI=1S/C14H20ClN3O/c1-16-13-4-3-10(15)9-12(13)14(19)17-11-5-7-18(2)8-6-11/h3-4,9,11,16H,5-8H2,1-2H3,(H,17,19). The van der Waals surface area contributed by atoms with Crippen molar-refractivity contribution in [2.75, 3.05) is 32.5 Å². The van der Waals surface area contributed by atoms with Crippen LogP contribution in [0.3, 0.4) is 0 Å². The number of likely N-dealkylation sites (tertiary alicyclic amines) is 1. The molecular formula is C14H20ClN3O. The number of hydrogen-bond donors (Lipinski definition) is 2. The molecule has 1 saturated heterocycles. The van der Waals surface area contributed by atoms with Gasteiger partial charge >= 0.3 is 0 Å². The van der Waals surface area contributed by atoms with Crippen LogP contribution in [0.2, 0.25) is 5.02 Å². The first-order chi connectivity index (χ1) is 9.10. The summed E-state index contributed by atoms with van der Waals surface area (Å²) in [7, 11) is 3.91. The highest BCUT2D eigenvalue weighted by Gasteiger charge is 2.20. The molecule has 1 aromatic carbocycles. The number of benzene rings is 1. The molecule has 0 radical (unpaired) electrons. The Balaban J connectivity index is 2.05. The molecule has 19 heavy (non-hydrogen) atoms. The van der Waals surface area contributed by atoms with Crippen LogP contribution in [-0.4, -0.2) is 44.0 Å². The van der Waals surface area contributed by atoms with Gasteiger partial charge in [0.2, 0.25) is 0 Å². The van der Waals surface area contributed by atoms with E-state index in [1.807, 2.05) is 6.07 Å². The third-order valence-electron chi connectivity index (χ3n) is 3.55. The average Bonchev–Trinajstić information content (AvgIpc) is 2.41. The molecular weight excluding hydrogens is 262 g/mol. The zero-order valence-electron chi connectivity index (χ0n) is 11.4. The number of carbonyl (C=O) groups excluding carboxylic acids is 1. The van der Waals surface area contributed by atoms with E-state index in [0.717, 1.165) is 31.6 Å². The van der Waals surface area contributed by atoms with E-state index in [0.29, 0.717) is 10.6 Å². The Labute approximate surface area is 119 Å². The number of halogens is 1. The Morgan fingerprint density at radius 1 is 1.37 bits per heavy atom. The van der Waals surface area contributed by atoms with Crippen LogP contribution in [0.15, 0.2) is 18.2 Å². The second kappa shape index (κ2) is 6.26. The predicted octanol–water partition coefficient (Wildman–Crippen LogP) is 2.21. The Morgan fingerprint density at radius 2 is 2.05 bits per heavy atom. The van der Waals surface area contributed by atoms with E-state index >= 15 is 0 Å². The van der Waals surface area contributed by atoms with E-state index < -0.39 is 0 Å². The van der Waals surface area contributed by atoms with Gasteiger partial charge in [-0.05, 0) is 51.2 Å². The van der Waals surface area contributed by atoms with Gasteiger partial charge in [0, 0.05) is 23.8 Å². The number of nitrogens with zero attached hydrogens (tertiary/aromatic N) is 1. The van der Waals surface area contributed by atoms with Crippen molar-refractivity contribution in [1.29, 1.82) is 0 Å². The molecule has 2 rings (SSSR count). The van der Waals surface area contributed by atoms with E-state index in [1.165, 1.54) is 0 Å². The van der Waals surface area contributed by atoms with E-state index in [-0.39, 0.29) is 11.9 Å². The van der Waals surface area contributed by atoms with Gasteiger partial charge in [0.25, 0.3) is 5.91 Å². The molecule has 1 aromatic rings. The Morgan fingerprint density at radius 3 is 2.68 bits per heavy atom. The van der Waals surface area contributed by atoms with Crippen LogP contribution in [0.4, 0.5) is 5.69 Å². The molecule has 1 heterocycles. The molecule has 0 aliphatic carbocycles. The number of hydrogen-bond acceptors (Lipinski definition) is 3. The summed E-state index contributed by atoms with van der Waals surface area (Å²) >= 11 is 5.97. The lowest BCUT2D eigenvalue weighted by Gasteiger charge is -2.29. The predicted molar refractivity (Wildman–Crippen MR) is 79.0 cm³/mol. The fourth-order valence-electron chi connectivity index (χ4n) is 2.34. The molecule has 0 aromatic heterocycles. The van der Waals surface area contributed by atoms with Gasteiger partial charge in [-0.25, -0.2) is 0 Å². The normalized spacial score (nSPS) is 17.2. The van der Waals surface area contributed by atoms with Crippen molar-refractivity contribution < 1.29 is 4.79 Å². The zero-order chi connectivity index (χ0) is 13.8. The lowest BCUT2D eigenvalue weighted by molar-refractivity contribution is 0.0917. The van der Waals surface area contributed by atoms with Gasteiger partial charge in [0.05, 0.1) is 5.56 Å². The lowest BCUT2D eigenvalue weighted by Crippen LogP contribution is -2.43. The molecule has 1 aliphatic heterocycles. The SMILES string of the molecule is CNc1ccc(Cl)cc1C(=O)NC1CCN(C)CC1. The molecule has 104 valence electrons. The summed E-state index contributed by atoms with van der Waals surface area (Å²) in [5, 5.41) is 6.69. The van der Waals surface area contributed by atoms with Crippen LogP contribution in [0.5, 0.6) is 0 Å². The first kappa shape index (κ1) is 14.2. The van der Waals surface area contributed by atoms with Crippen LogP contribution >= 0.6 is 11.6 Å². The molecule has 0 atom stereocenters. The summed E-state index contributed by atoms with van der Waals surface area (Å²) in [4.78, 5) is 14.6. The maximum atomic E-state index is 12.3. The first-order valence-corrected chi connectivity index (χ1v) is 6.94. The summed E-state index contributed by atoms with van der Waals surface area (Å²) in [6, 6.07) is 5.57. The maximum absolute atomic E-state index is 12.3. The third kappa shape index (κ3) is 3.61. The maximum Gasteiger partial charge on any atom is 0.253 e. The Hall–Kier alpha value is -1.26. The van der Waals surface area contributed by atoms with Crippen molar-refractivity contribution in [3.8, 4) is 0 Å². The largest absolute Gasteiger partial charge is 0.387 e. The highest BCUT2D eigenvalue weighted by molar-refractivity contribution is 6.31. The van der Waals surface area contributed by atoms with Gasteiger partial charge in [-0.15, -0.1) is 0 Å². The smallest absolute Gasteiger partial charge is 0.253 e. The fraction of sp³-hybridized carbons (Fsp3) is 0.500. The lowest BCUT2D eigenvalue weighted by atomic mass is 10.0. The summed E-state index contributed by atoms with van der Waals surface area (Å²) in [6.07, 6.45) is 2.00. The minimum absolute atomic E-state index is 0.0543. The van der Waals surface area contributed by atoms with Gasteiger partial charge in [-0.3, -0.25) is 4.79 Å². The van der Waals surface area contributed by atoms with Crippen molar-refractivity contribution in [1.82, 2.24) is 10.2 Å². The van der Waals surface area contributed by atoms with E-state index in [2.05, 4.69) is 22.6 Å². The summed E-state index contributed by atoms with van der Waals surface area (Å²) in [5.74, 6) is -0.0543. The monoisotopic (exact) mass is 281 g/mol. The topological polar surface area (TPSA) is 44.4 Å². The van der Waals surface area contributed by atoms with Crippen LogP contribution < -0.4 is 10.6 Å². The molecule has 5 heteroatoms. The van der Waals surface area contributed by atoms with Gasteiger partial charge in [0.15, 0.2) is 0 Å². The molecule has 0 spiro atoms. The van der Waals surface area contributed by atoms with E-state index in [4.69, 9.17) is 11.6 Å². The zero-order valence-corrected chi connectivity index (χ0v) is 12.1. The molecule has 0 bridgehead atoms. The quantitative estimate of drug-likeness (QED) is 0.893. The van der Waals surface area contributed by atoms with Crippen LogP contribution in [-0.2, 0) is 0 Å². The summed E-state index contributed by atoms with van der Waals surface area (Å²) in [6.45, 7) is 2.05. The van der Waals surface area contributed by atoms with Gasteiger partial charge in [-0.2, -0.15) is 0 Å². The summed E-state index contributed by atoms with van der Waals surface area (Å²) in [5.41, 5.74) is 1.41. The Kier molecular flexibility index (Phi) is 4.66. The summed E-state index contributed by atoms with van der Waals surface area (Å²) < 4.78 is 0. The second-order valence-corrected chi connectivity index (χ2v) is 5.43. The number of anilines is 1. The minimum Gasteiger partial charge on any atom is -0.387 e. The highest BCUT2D eigenvalue weighted by atomic mass is 35.5. The highest BCUT2D eigenvalue weighted by Crippen LogP contribution is 2.21. The number of nitrogens with one attached hydrogen (secondary N) is 2. The molecule has 0 saturated carbocycles. The molecule has 0 unspecified atom stereocenters. The van der Waals surface area contributed by atoms with Gasteiger partial charge in [-0.1, -0.05) is 11.6 Å². The van der Waals surface area contributed by atoms with Crippen molar-refractivity contribution in [2.24, 2.45) is 0 Å².